The first-order valence-electron chi connectivity index (χ1n) is 12.8. The Morgan fingerprint density at radius 3 is 1.79 bits per heavy atom. The minimum Gasteiger partial charge on any atom is -0.443 e. The molecule has 0 unspecified atom stereocenters. The lowest BCUT2D eigenvalue weighted by atomic mass is 9.77. The molecule has 0 saturated heterocycles. The smallest absolute Gasteiger partial charge is 0.417 e. The monoisotopic (exact) mass is 509 g/mol. The second-order valence-corrected chi connectivity index (χ2v) is 10.2. The molecule has 3 N–H and O–H groups in total. The SMILES string of the molecule is CC(C)(C)OC(=O)N(CCCc1cn(C(c2ccccc2)(c2ccccc2)c2ccccc2)cn1)C(=N)N. The third kappa shape index (κ3) is 5.78. The van der Waals surface area contributed by atoms with Crippen LogP contribution >= 0.6 is 0 Å². The molecular formula is C31H35N5O2. The molecule has 1 amide bonds. The van der Waals surface area contributed by atoms with Crippen molar-refractivity contribution in [1.29, 1.82) is 5.41 Å². The van der Waals surface area contributed by atoms with Crippen LogP contribution in [0.1, 0.15) is 49.6 Å². The molecule has 7 heteroatoms. The Labute approximate surface area is 224 Å². The molecule has 7 nitrogen and oxygen atoms in total. The largest absolute Gasteiger partial charge is 0.443 e. The van der Waals surface area contributed by atoms with Crippen molar-refractivity contribution in [2.45, 2.75) is 44.8 Å². The Kier molecular flexibility index (Phi) is 7.96. The third-order valence-corrected chi connectivity index (χ3v) is 6.32. The molecule has 1 aromatic heterocycles. The van der Waals surface area contributed by atoms with E-state index in [0.717, 1.165) is 27.3 Å². The van der Waals surface area contributed by atoms with Crippen molar-refractivity contribution in [3.63, 3.8) is 0 Å². The molecule has 0 atom stereocenters. The van der Waals surface area contributed by atoms with Gasteiger partial charge < -0.3 is 15.0 Å². The van der Waals surface area contributed by atoms with Crippen LogP contribution in [-0.2, 0) is 16.7 Å². The summed E-state index contributed by atoms with van der Waals surface area (Å²) >= 11 is 0. The number of amides is 1. The second-order valence-electron chi connectivity index (χ2n) is 10.2. The number of imidazole rings is 1. The van der Waals surface area contributed by atoms with Gasteiger partial charge in [-0.1, -0.05) is 91.0 Å². The average molecular weight is 510 g/mol. The quantitative estimate of drug-likeness (QED) is 0.179. The third-order valence-electron chi connectivity index (χ3n) is 6.32. The summed E-state index contributed by atoms with van der Waals surface area (Å²) < 4.78 is 7.57. The van der Waals surface area contributed by atoms with E-state index in [4.69, 9.17) is 20.9 Å². The lowest BCUT2D eigenvalue weighted by Gasteiger charge is -2.37. The van der Waals surface area contributed by atoms with Crippen LogP contribution in [0.4, 0.5) is 4.79 Å². The maximum Gasteiger partial charge on any atom is 0.417 e. The number of rotatable bonds is 8. The summed E-state index contributed by atoms with van der Waals surface area (Å²) in [4.78, 5) is 18.4. The summed E-state index contributed by atoms with van der Waals surface area (Å²) in [5, 5.41) is 7.83. The number of guanidine groups is 1. The van der Waals surface area contributed by atoms with Crippen molar-refractivity contribution in [1.82, 2.24) is 14.5 Å². The van der Waals surface area contributed by atoms with Gasteiger partial charge in [0.05, 0.1) is 12.0 Å². The summed E-state index contributed by atoms with van der Waals surface area (Å²) in [6, 6.07) is 31.3. The zero-order chi connectivity index (χ0) is 27.2. The van der Waals surface area contributed by atoms with Gasteiger partial charge in [0.1, 0.15) is 11.1 Å². The van der Waals surface area contributed by atoms with E-state index in [1.54, 1.807) is 20.8 Å². The highest BCUT2D eigenvalue weighted by molar-refractivity contribution is 5.91. The van der Waals surface area contributed by atoms with Crippen molar-refractivity contribution in [2.24, 2.45) is 5.73 Å². The molecule has 0 aliphatic heterocycles. The fraction of sp³-hybridized carbons (Fsp3) is 0.258. The molecule has 0 aliphatic rings. The van der Waals surface area contributed by atoms with E-state index in [0.29, 0.717) is 12.8 Å². The maximum atomic E-state index is 12.5. The molecule has 4 aromatic rings. The van der Waals surface area contributed by atoms with Crippen molar-refractivity contribution in [3.8, 4) is 0 Å². The predicted octanol–water partition coefficient (Wildman–Crippen LogP) is 5.79. The van der Waals surface area contributed by atoms with Crippen LogP contribution in [0.15, 0.2) is 104 Å². The van der Waals surface area contributed by atoms with Gasteiger partial charge in [-0.15, -0.1) is 0 Å². The van der Waals surface area contributed by atoms with Crippen molar-refractivity contribution in [2.75, 3.05) is 6.54 Å². The second kappa shape index (κ2) is 11.3. The van der Waals surface area contributed by atoms with Gasteiger partial charge in [0, 0.05) is 12.7 Å². The minimum absolute atomic E-state index is 0.262. The molecule has 0 aliphatic carbocycles. The molecule has 4 rings (SSSR count). The zero-order valence-electron chi connectivity index (χ0n) is 22.2. The lowest BCUT2D eigenvalue weighted by molar-refractivity contribution is 0.0365. The van der Waals surface area contributed by atoms with Gasteiger partial charge in [-0.25, -0.2) is 14.7 Å². The zero-order valence-corrected chi connectivity index (χ0v) is 22.2. The topological polar surface area (TPSA) is 97.2 Å². The standard InChI is InChI=1S/C31H35N5O2/c1-30(2,3)38-29(37)36(28(32)33)21-13-20-27-22-35(23-34-27)31(24-14-7-4-8-15-24,25-16-9-5-10-17-25)26-18-11-6-12-19-26/h4-12,14-19,22-23H,13,20-21H2,1-3H3,(H3,32,33). The van der Waals surface area contributed by atoms with E-state index in [9.17, 15) is 4.79 Å². The average Bonchev–Trinajstić information content (AvgIpc) is 3.37. The number of carbonyl (C=O) groups is 1. The summed E-state index contributed by atoms with van der Waals surface area (Å²) in [5.41, 5.74) is 8.62. The Hall–Kier alpha value is -4.39. The van der Waals surface area contributed by atoms with Crippen LogP contribution in [0.2, 0.25) is 0 Å². The minimum atomic E-state index is -0.667. The van der Waals surface area contributed by atoms with Crippen LogP contribution < -0.4 is 5.73 Å². The number of carbonyl (C=O) groups excluding carboxylic acids is 1. The van der Waals surface area contributed by atoms with Crippen molar-refractivity contribution in [3.05, 3.63) is 126 Å². The number of hydrogen-bond donors (Lipinski definition) is 2. The number of nitrogens with one attached hydrogen (secondary N) is 1. The Morgan fingerprint density at radius 2 is 1.37 bits per heavy atom. The van der Waals surface area contributed by atoms with E-state index < -0.39 is 17.2 Å². The van der Waals surface area contributed by atoms with Gasteiger partial charge in [-0.2, -0.15) is 0 Å². The summed E-state index contributed by atoms with van der Waals surface area (Å²) in [5.74, 6) is -0.332. The van der Waals surface area contributed by atoms with Crippen LogP contribution in [0.3, 0.4) is 0 Å². The molecule has 0 fully saturated rings. The van der Waals surface area contributed by atoms with E-state index in [2.05, 4.69) is 83.6 Å². The maximum absolute atomic E-state index is 12.5. The van der Waals surface area contributed by atoms with Gasteiger partial charge in [0.25, 0.3) is 0 Å². The van der Waals surface area contributed by atoms with Crippen LogP contribution in [0, 0.1) is 5.41 Å². The lowest BCUT2D eigenvalue weighted by Crippen LogP contribution is -2.44. The number of nitrogens with zero attached hydrogens (tertiary/aromatic N) is 3. The Morgan fingerprint density at radius 1 is 0.895 bits per heavy atom. The molecule has 0 saturated carbocycles. The number of ether oxygens (including phenoxy) is 1. The van der Waals surface area contributed by atoms with E-state index in [1.165, 1.54) is 0 Å². The molecule has 0 radical (unpaired) electrons. The Bertz CT molecular complexity index is 1250. The van der Waals surface area contributed by atoms with Crippen LogP contribution in [-0.4, -0.2) is 38.6 Å². The molecule has 0 spiro atoms. The molecule has 196 valence electrons. The van der Waals surface area contributed by atoms with Crippen LogP contribution in [0.25, 0.3) is 0 Å². The number of aryl methyl sites for hydroxylation is 1. The van der Waals surface area contributed by atoms with Gasteiger partial charge in [-0.3, -0.25) is 5.41 Å². The first kappa shape index (κ1) is 26.7. The number of benzene rings is 3. The van der Waals surface area contributed by atoms with E-state index in [1.807, 2.05) is 24.5 Å². The van der Waals surface area contributed by atoms with Crippen molar-refractivity contribution < 1.29 is 9.53 Å². The van der Waals surface area contributed by atoms with Gasteiger partial charge in [-0.05, 0) is 50.3 Å². The highest BCUT2D eigenvalue weighted by atomic mass is 16.6. The number of nitrogens with two attached hydrogens (primary N) is 1. The van der Waals surface area contributed by atoms with Crippen LogP contribution in [0.5, 0.6) is 0 Å². The molecular weight excluding hydrogens is 474 g/mol. The van der Waals surface area contributed by atoms with Gasteiger partial charge in [0.15, 0.2) is 5.96 Å². The van der Waals surface area contributed by atoms with E-state index >= 15 is 0 Å². The molecule has 3 aromatic carbocycles. The highest BCUT2D eigenvalue weighted by Crippen LogP contribution is 2.40. The van der Waals surface area contributed by atoms with Gasteiger partial charge >= 0.3 is 6.09 Å². The Balaban J connectivity index is 1.67. The first-order chi connectivity index (χ1) is 18.2. The molecule has 1 heterocycles. The van der Waals surface area contributed by atoms with E-state index in [-0.39, 0.29) is 12.5 Å². The normalized spacial score (nSPS) is 11.7. The predicted molar refractivity (Wildman–Crippen MR) is 150 cm³/mol. The van der Waals surface area contributed by atoms with Crippen molar-refractivity contribution >= 4 is 12.1 Å². The molecule has 0 bridgehead atoms. The number of hydrogen-bond acceptors (Lipinski definition) is 4. The number of aromatic nitrogens is 2. The summed E-state index contributed by atoms with van der Waals surface area (Å²) in [6.45, 7) is 5.62. The summed E-state index contributed by atoms with van der Waals surface area (Å²) in [7, 11) is 0. The summed E-state index contributed by atoms with van der Waals surface area (Å²) in [6.07, 6.45) is 4.50. The highest BCUT2D eigenvalue weighted by Gasteiger charge is 2.38. The fourth-order valence-corrected chi connectivity index (χ4v) is 4.71. The van der Waals surface area contributed by atoms with Gasteiger partial charge in [0.2, 0.25) is 0 Å². The molecule has 38 heavy (non-hydrogen) atoms. The fourth-order valence-electron chi connectivity index (χ4n) is 4.71. The first-order valence-corrected chi connectivity index (χ1v) is 12.8.